The maximum atomic E-state index is 13.3. The van der Waals surface area contributed by atoms with E-state index >= 15 is 0 Å². The highest BCUT2D eigenvalue weighted by Crippen LogP contribution is 2.24. The first-order valence-electron chi connectivity index (χ1n) is 22.7. The minimum atomic E-state index is -0.486. The number of aliphatic hydroxyl groups is 1. The van der Waals surface area contributed by atoms with Gasteiger partial charge in [-0.15, -0.1) is 0 Å². The van der Waals surface area contributed by atoms with Crippen molar-refractivity contribution in [3.8, 4) is 29.1 Å². The lowest BCUT2D eigenvalue weighted by Crippen LogP contribution is -2.04. The number of rotatable bonds is 15. The average molecular weight is 1140 g/mol. The molecule has 0 bridgehead atoms. The van der Waals surface area contributed by atoms with E-state index in [-0.39, 0.29) is 40.7 Å². The van der Waals surface area contributed by atoms with Crippen molar-refractivity contribution in [1.82, 2.24) is 0 Å². The zero-order valence-electron chi connectivity index (χ0n) is 42.1. The van der Waals surface area contributed by atoms with E-state index in [1.807, 2.05) is 42.5 Å². The van der Waals surface area contributed by atoms with Crippen molar-refractivity contribution in [2.75, 3.05) is 49.3 Å². The topological polar surface area (TPSA) is 177 Å². The molecule has 0 heterocycles. The minimum Gasteiger partial charge on any atom is -0.496 e. The Kier molecular flexibility index (Phi) is 27.2. The fourth-order valence-corrected chi connectivity index (χ4v) is 7.05. The summed E-state index contributed by atoms with van der Waals surface area (Å²) < 4.78 is 82.1. The van der Waals surface area contributed by atoms with E-state index in [9.17, 15) is 31.9 Å². The maximum absolute atomic E-state index is 13.3. The molecule has 0 aliphatic carbocycles. The second-order valence-corrected chi connectivity index (χ2v) is 16.7. The number of ether oxygens (including phenoxy) is 6. The summed E-state index contributed by atoms with van der Waals surface area (Å²) in [7, 11) is 8.83. The fourth-order valence-electron chi connectivity index (χ4n) is 6.70. The zero-order chi connectivity index (χ0) is 55.3. The maximum Gasteiger partial charge on any atom is 0.337 e. The van der Waals surface area contributed by atoms with Crippen LogP contribution in [-0.4, -0.2) is 72.1 Å². The van der Waals surface area contributed by atoms with Crippen LogP contribution in [0.4, 0.5) is 17.6 Å². The molecule has 3 N–H and O–H groups in total. The molecule has 7 rings (SSSR count). The van der Waals surface area contributed by atoms with Gasteiger partial charge in [0.15, 0.2) is 5.78 Å². The predicted molar refractivity (Wildman–Crippen MR) is 285 cm³/mol. The summed E-state index contributed by atoms with van der Waals surface area (Å²) in [5.74, 6) is 0.173. The van der Waals surface area contributed by atoms with Crippen molar-refractivity contribution < 1.29 is 65.5 Å². The lowest BCUT2D eigenvalue weighted by atomic mass is 10.0. The third-order valence-electron chi connectivity index (χ3n) is 10.7. The largest absolute Gasteiger partial charge is 0.496 e. The van der Waals surface area contributed by atoms with E-state index in [1.54, 1.807) is 68.8 Å². The molecule has 0 unspecified atom stereocenters. The monoisotopic (exact) mass is 1140 g/mol. The molecule has 0 saturated heterocycles. The first kappa shape index (κ1) is 61.5. The Labute approximate surface area is 447 Å². The van der Waals surface area contributed by atoms with Gasteiger partial charge in [0.05, 0.1) is 59.3 Å². The molecule has 0 spiro atoms. The van der Waals surface area contributed by atoms with Crippen LogP contribution in [0.25, 0.3) is 0 Å². The summed E-state index contributed by atoms with van der Waals surface area (Å²) in [6.07, 6.45) is 2.77. The SMILES string of the molecule is COC(=O)c1ccc(CCc2cc(F)ccc2OC)cc1.COC(=O)c1ccc(I)cc1.COc1ccc(F)cc1C#N.COc1ccc(F)cc1CCc1ccc(C(=O)CO)cc1.COc1ccc(F)cc1CN. The molecule has 0 aliphatic heterocycles. The van der Waals surface area contributed by atoms with Crippen molar-refractivity contribution in [3.05, 3.63) is 223 Å². The summed E-state index contributed by atoms with van der Waals surface area (Å²) in [6, 6.07) is 40.4. The first-order chi connectivity index (χ1) is 36.1. The van der Waals surface area contributed by atoms with Gasteiger partial charge >= 0.3 is 11.9 Å². The molecule has 0 saturated carbocycles. The highest BCUT2D eigenvalue weighted by atomic mass is 127. The Morgan fingerprint density at radius 2 is 0.840 bits per heavy atom. The van der Waals surface area contributed by atoms with E-state index in [1.165, 1.54) is 77.0 Å². The fraction of sp³-hybridized carbons (Fsp3) is 0.207. The summed E-state index contributed by atoms with van der Waals surface area (Å²) in [6.45, 7) is -0.194. The number of methoxy groups -OCH3 is 6. The van der Waals surface area contributed by atoms with E-state index in [2.05, 4.69) is 32.1 Å². The molecule has 0 atom stereocenters. The number of carbonyl (C=O) groups excluding carboxylic acids is 3. The third kappa shape index (κ3) is 20.9. The lowest BCUT2D eigenvalue weighted by molar-refractivity contribution is 0.0592. The molecule has 7 aromatic rings. The molecule has 0 radical (unpaired) electrons. The number of aryl methyl sites for hydroxylation is 4. The van der Waals surface area contributed by atoms with Crippen LogP contribution in [-0.2, 0) is 41.7 Å². The molecule has 7 aromatic carbocycles. The van der Waals surface area contributed by atoms with Crippen LogP contribution in [0.1, 0.15) is 64.5 Å². The minimum absolute atomic E-state index is 0.215. The van der Waals surface area contributed by atoms with E-state index in [4.69, 9.17) is 35.0 Å². The van der Waals surface area contributed by atoms with E-state index in [0.717, 1.165) is 38.3 Å². The van der Waals surface area contributed by atoms with Crippen molar-refractivity contribution >= 4 is 40.3 Å². The van der Waals surface area contributed by atoms with Crippen molar-refractivity contribution in [2.45, 2.75) is 32.2 Å². The number of nitriles is 1. The Morgan fingerprint density at radius 3 is 1.20 bits per heavy atom. The van der Waals surface area contributed by atoms with Gasteiger partial charge in [-0.25, -0.2) is 27.2 Å². The van der Waals surface area contributed by atoms with Crippen LogP contribution in [0.3, 0.4) is 0 Å². The normalized spacial score (nSPS) is 9.87. The van der Waals surface area contributed by atoms with Crippen LogP contribution in [0.15, 0.2) is 146 Å². The standard InChI is InChI=1S/2C17H17FO3.C8H10FNO.C8H6FNO.C8H7IO2/c1-20-16-10-9-15(18)11-14(16)8-5-12-3-6-13(7-4-12)17(19)21-2;1-21-17-9-8-15(18)10-14(17)7-4-12-2-5-13(6-3-12)16(20)11-19;2*1-11-8-3-2-7(9)4-6(8)5-10;1-11-8(10)6-2-4-7(9)5-3-6/h3-4,6-7,9-11H,5,8H2,1-2H3;2-3,5-6,8-10,19H,4,7,11H2,1H3;2-4H,5,10H2,1H3;2-4H,1H3;2-5H,1H3. The van der Waals surface area contributed by atoms with Crippen molar-refractivity contribution in [1.29, 1.82) is 5.26 Å². The van der Waals surface area contributed by atoms with Gasteiger partial charge in [-0.1, -0.05) is 36.4 Å². The van der Waals surface area contributed by atoms with Crippen LogP contribution < -0.4 is 24.7 Å². The van der Waals surface area contributed by atoms with E-state index < -0.39 is 12.4 Å². The Morgan fingerprint density at radius 1 is 0.493 bits per heavy atom. The number of nitrogens with two attached hydrogens (primary N) is 1. The van der Waals surface area contributed by atoms with Crippen LogP contribution in [0.2, 0.25) is 0 Å². The average Bonchev–Trinajstić information content (AvgIpc) is 3.44. The molecule has 75 heavy (non-hydrogen) atoms. The third-order valence-corrected chi connectivity index (χ3v) is 11.4. The summed E-state index contributed by atoms with van der Waals surface area (Å²) >= 11 is 2.18. The molecule has 0 aromatic heterocycles. The second-order valence-electron chi connectivity index (χ2n) is 15.5. The van der Waals surface area contributed by atoms with Gasteiger partial charge in [0.25, 0.3) is 0 Å². The number of esters is 2. The smallest absolute Gasteiger partial charge is 0.337 e. The number of hydrogen-bond acceptors (Lipinski definition) is 12. The van der Waals surface area contributed by atoms with E-state index in [0.29, 0.717) is 71.1 Å². The van der Waals surface area contributed by atoms with Crippen molar-refractivity contribution in [2.24, 2.45) is 5.73 Å². The number of carbonyl (C=O) groups is 3. The predicted octanol–water partition coefficient (Wildman–Crippen LogP) is 11.3. The number of hydrogen-bond donors (Lipinski definition) is 2. The molecule has 0 fully saturated rings. The number of benzene rings is 7. The van der Waals surface area contributed by atoms with Gasteiger partial charge in [0, 0.05) is 21.2 Å². The molecule has 394 valence electrons. The highest BCUT2D eigenvalue weighted by Gasteiger charge is 2.10. The zero-order valence-corrected chi connectivity index (χ0v) is 44.3. The quantitative estimate of drug-likeness (QED) is 0.0431. The molecule has 12 nitrogen and oxygen atoms in total. The number of aliphatic hydroxyl groups excluding tert-OH is 1. The lowest BCUT2D eigenvalue weighted by Gasteiger charge is -2.09. The molecule has 0 amide bonds. The van der Waals surface area contributed by atoms with Gasteiger partial charge in [0.2, 0.25) is 0 Å². The Balaban J connectivity index is 0.000000256. The van der Waals surface area contributed by atoms with Crippen LogP contribution in [0, 0.1) is 38.2 Å². The number of nitrogens with zero attached hydrogens (tertiary/aromatic N) is 1. The van der Waals surface area contributed by atoms with Gasteiger partial charge in [-0.2, -0.15) is 5.26 Å². The number of ketones is 1. The van der Waals surface area contributed by atoms with Gasteiger partial charge in [-0.05, 0) is 180 Å². The molecule has 17 heteroatoms. The second kappa shape index (κ2) is 33.1. The number of halogens is 5. The van der Waals surface area contributed by atoms with Gasteiger partial charge in [0.1, 0.15) is 58.9 Å². The molecular formula is C58H57F4IN2O10. The van der Waals surface area contributed by atoms with Crippen LogP contribution in [0.5, 0.6) is 23.0 Å². The number of Topliss-reactive ketones (excluding diaryl/α,β-unsaturated/α-hetero) is 1. The van der Waals surface area contributed by atoms with Crippen LogP contribution >= 0.6 is 22.6 Å². The van der Waals surface area contributed by atoms with Gasteiger partial charge in [-0.3, -0.25) is 4.79 Å². The Hall–Kier alpha value is -7.79. The summed E-state index contributed by atoms with van der Waals surface area (Å²) in [4.78, 5) is 33.6. The van der Waals surface area contributed by atoms with Crippen molar-refractivity contribution in [3.63, 3.8) is 0 Å². The first-order valence-corrected chi connectivity index (χ1v) is 23.8. The van der Waals surface area contributed by atoms with Gasteiger partial charge < -0.3 is 39.3 Å². The Bertz CT molecular complexity index is 2840. The summed E-state index contributed by atoms with van der Waals surface area (Å²) in [5.41, 5.74) is 11.6. The molecule has 0 aliphatic rings. The molecular weight excluding hydrogens is 1090 g/mol. The highest BCUT2D eigenvalue weighted by molar-refractivity contribution is 14.1. The summed E-state index contributed by atoms with van der Waals surface area (Å²) in [5, 5.41) is 17.3.